The van der Waals surface area contributed by atoms with E-state index in [2.05, 4.69) is 66.5 Å². The highest BCUT2D eigenvalue weighted by atomic mass is 79.9. The van der Waals surface area contributed by atoms with Gasteiger partial charge in [0.2, 0.25) is 0 Å². The van der Waals surface area contributed by atoms with Gasteiger partial charge in [0.05, 0.1) is 6.10 Å². The predicted octanol–water partition coefficient (Wildman–Crippen LogP) is 2.85. The summed E-state index contributed by atoms with van der Waals surface area (Å²) in [4.78, 5) is 5.37. The smallest absolute Gasteiger partial charge is 0.171 e. The van der Waals surface area contributed by atoms with Crippen LogP contribution in [0, 0.1) is 21.5 Å². The van der Waals surface area contributed by atoms with Gasteiger partial charge in [-0.25, -0.2) is 0 Å². The van der Waals surface area contributed by atoms with Crippen LogP contribution in [0.5, 0.6) is 0 Å². The van der Waals surface area contributed by atoms with Crippen LogP contribution in [-0.4, -0.2) is 15.1 Å². The highest BCUT2D eigenvalue weighted by Crippen LogP contribution is 2.05. The van der Waals surface area contributed by atoms with E-state index in [1.54, 1.807) is 0 Å². The van der Waals surface area contributed by atoms with Crippen molar-refractivity contribution < 1.29 is 4.43 Å². The molecule has 13 heavy (non-hydrogen) atoms. The van der Waals surface area contributed by atoms with Crippen molar-refractivity contribution in [2.24, 2.45) is 0 Å². The second-order valence-electron chi connectivity index (χ2n) is 2.76. The summed E-state index contributed by atoms with van der Waals surface area (Å²) in [5.41, 5.74) is 0. The summed E-state index contributed by atoms with van der Waals surface area (Å²) in [7, 11) is -0.980. The highest BCUT2D eigenvalue weighted by Gasteiger charge is 2.08. The van der Waals surface area contributed by atoms with Crippen LogP contribution in [-0.2, 0) is 4.43 Å². The Bertz CT molecular complexity index is 222. The molecule has 0 heterocycles. The van der Waals surface area contributed by atoms with Crippen molar-refractivity contribution in [2.75, 3.05) is 0 Å². The fraction of sp³-hybridized carbons (Fsp3) is 0.556. The molecule has 1 nitrogen and oxygen atoms in total. The second kappa shape index (κ2) is 8.84. The zero-order valence-corrected chi connectivity index (χ0v) is 12.1. The van der Waals surface area contributed by atoms with Crippen molar-refractivity contribution in [3.63, 3.8) is 0 Å². The van der Waals surface area contributed by atoms with Crippen LogP contribution in [0.25, 0.3) is 0 Å². The molecule has 4 heteroatoms. The number of halogens is 2. The van der Waals surface area contributed by atoms with Crippen molar-refractivity contribution in [3.05, 3.63) is 0 Å². The molecule has 0 saturated heterocycles. The van der Waals surface area contributed by atoms with E-state index in [9.17, 15) is 0 Å². The molecule has 0 spiro atoms. The monoisotopic (exact) mass is 322 g/mol. The summed E-state index contributed by atoms with van der Waals surface area (Å²) in [6.45, 7) is 4.30. The Balaban J connectivity index is 3.96. The molecule has 0 radical (unpaired) electrons. The fourth-order valence-corrected chi connectivity index (χ4v) is 2.14. The maximum atomic E-state index is 5.75. The molecule has 0 aromatic rings. The quantitative estimate of drug-likeness (QED) is 0.571. The Kier molecular flexibility index (Phi) is 9.01. The Hall–Kier alpha value is 0.257. The summed E-state index contributed by atoms with van der Waals surface area (Å²) in [5, 5.41) is 0. The van der Waals surface area contributed by atoms with E-state index < -0.39 is 9.04 Å². The van der Waals surface area contributed by atoms with Crippen LogP contribution in [0.2, 0.25) is 13.1 Å². The molecule has 0 fully saturated rings. The molecule has 0 unspecified atom stereocenters. The summed E-state index contributed by atoms with van der Waals surface area (Å²) in [6, 6.07) is 0. The molecular formula is C9H12Br2OSi. The van der Waals surface area contributed by atoms with Crippen molar-refractivity contribution in [1.29, 1.82) is 0 Å². The van der Waals surface area contributed by atoms with Gasteiger partial charge in [0, 0.05) is 44.7 Å². The van der Waals surface area contributed by atoms with Crippen LogP contribution < -0.4 is 0 Å². The average Bonchev–Trinajstić information content (AvgIpc) is 2.09. The molecule has 0 aliphatic heterocycles. The lowest BCUT2D eigenvalue weighted by molar-refractivity contribution is 0.217. The van der Waals surface area contributed by atoms with Crippen molar-refractivity contribution in [3.8, 4) is 21.5 Å². The standard InChI is InChI=1S/C9H12Br2OSi/c1-13(2)12-9(5-3-7-10)6-4-8-11/h9,13H,5-6H2,1-2H3. The van der Waals surface area contributed by atoms with Crippen LogP contribution >= 0.6 is 31.9 Å². The van der Waals surface area contributed by atoms with E-state index in [4.69, 9.17) is 4.43 Å². The minimum atomic E-state index is -0.980. The molecule has 0 aliphatic rings. The molecule has 0 saturated carbocycles. The van der Waals surface area contributed by atoms with Crippen molar-refractivity contribution in [1.82, 2.24) is 0 Å². The lowest BCUT2D eigenvalue weighted by Gasteiger charge is -2.15. The predicted molar refractivity (Wildman–Crippen MR) is 66.4 cm³/mol. The largest absolute Gasteiger partial charge is 0.416 e. The molecule has 0 aromatic carbocycles. The first kappa shape index (κ1) is 13.3. The van der Waals surface area contributed by atoms with Gasteiger partial charge in [-0.1, -0.05) is 11.8 Å². The Morgan fingerprint density at radius 3 is 1.92 bits per heavy atom. The van der Waals surface area contributed by atoms with Crippen LogP contribution in [0.15, 0.2) is 0 Å². The summed E-state index contributed by atoms with van der Waals surface area (Å²) in [5.74, 6) is 5.89. The third-order valence-corrected chi connectivity index (χ3v) is 2.75. The van der Waals surface area contributed by atoms with Gasteiger partial charge in [-0.15, -0.1) is 0 Å². The first-order chi connectivity index (χ1) is 6.20. The molecule has 0 amide bonds. The van der Waals surface area contributed by atoms with Gasteiger partial charge in [-0.2, -0.15) is 0 Å². The van der Waals surface area contributed by atoms with E-state index in [1.807, 2.05) is 0 Å². The summed E-state index contributed by atoms with van der Waals surface area (Å²) >= 11 is 6.12. The van der Waals surface area contributed by atoms with Gasteiger partial charge in [0.1, 0.15) is 0 Å². The normalized spacial score (nSPS) is 9.08. The Morgan fingerprint density at radius 1 is 1.15 bits per heavy atom. The van der Waals surface area contributed by atoms with Crippen molar-refractivity contribution >= 4 is 40.9 Å². The van der Waals surface area contributed by atoms with E-state index in [1.165, 1.54) is 0 Å². The lowest BCUT2D eigenvalue weighted by Crippen LogP contribution is -2.19. The lowest BCUT2D eigenvalue weighted by atomic mass is 10.2. The minimum absolute atomic E-state index is 0.168. The zero-order chi connectivity index (χ0) is 10.1. The highest BCUT2D eigenvalue weighted by molar-refractivity contribution is 9.12. The second-order valence-corrected chi connectivity index (χ2v) is 5.92. The van der Waals surface area contributed by atoms with E-state index >= 15 is 0 Å². The number of hydrogen-bond donors (Lipinski definition) is 0. The maximum Gasteiger partial charge on any atom is 0.171 e. The van der Waals surface area contributed by atoms with E-state index in [0.717, 1.165) is 12.8 Å². The summed E-state index contributed by atoms with van der Waals surface area (Å²) in [6.07, 6.45) is 1.66. The summed E-state index contributed by atoms with van der Waals surface area (Å²) < 4.78 is 5.75. The first-order valence-electron chi connectivity index (χ1n) is 4.03. The third kappa shape index (κ3) is 8.58. The SMILES string of the molecule is C[SiH](C)OC(CC#CBr)CC#CBr. The molecule has 0 N–H and O–H groups in total. The molecule has 0 atom stereocenters. The van der Waals surface area contributed by atoms with Crippen molar-refractivity contribution in [2.45, 2.75) is 32.0 Å². The Morgan fingerprint density at radius 2 is 1.62 bits per heavy atom. The van der Waals surface area contributed by atoms with Crippen LogP contribution in [0.1, 0.15) is 12.8 Å². The zero-order valence-electron chi connectivity index (χ0n) is 7.73. The number of rotatable bonds is 4. The topological polar surface area (TPSA) is 9.23 Å². The van der Waals surface area contributed by atoms with Gasteiger partial charge in [-0.3, -0.25) is 0 Å². The van der Waals surface area contributed by atoms with Crippen LogP contribution in [0.3, 0.4) is 0 Å². The van der Waals surface area contributed by atoms with Gasteiger partial charge in [0.25, 0.3) is 0 Å². The Labute approximate surface area is 98.6 Å². The van der Waals surface area contributed by atoms with Crippen LogP contribution in [0.4, 0.5) is 0 Å². The molecule has 0 rings (SSSR count). The molecule has 0 bridgehead atoms. The molecule has 72 valence electrons. The minimum Gasteiger partial charge on any atom is -0.416 e. The first-order valence-corrected chi connectivity index (χ1v) is 8.39. The third-order valence-electron chi connectivity index (χ3n) is 1.26. The van der Waals surface area contributed by atoms with Gasteiger partial charge < -0.3 is 4.43 Å². The maximum absolute atomic E-state index is 5.75. The molecule has 0 aliphatic carbocycles. The van der Waals surface area contributed by atoms with Gasteiger partial charge in [-0.05, 0) is 22.8 Å². The van der Waals surface area contributed by atoms with Gasteiger partial charge in [0.15, 0.2) is 9.04 Å². The van der Waals surface area contributed by atoms with Gasteiger partial charge >= 0.3 is 0 Å². The van der Waals surface area contributed by atoms with E-state index in [0.29, 0.717) is 0 Å². The number of hydrogen-bond acceptors (Lipinski definition) is 1. The molecule has 0 aromatic heterocycles. The molecular weight excluding hydrogens is 312 g/mol. The fourth-order valence-electron chi connectivity index (χ4n) is 0.858. The average molecular weight is 324 g/mol. The van der Waals surface area contributed by atoms with E-state index in [-0.39, 0.29) is 6.10 Å².